The maximum Gasteiger partial charge on any atom is 0.329 e. The Hall–Kier alpha value is -3.50. The molecule has 0 bridgehead atoms. The van der Waals surface area contributed by atoms with E-state index in [1.165, 1.54) is 22.4 Å². The minimum Gasteiger partial charge on any atom is -0.389 e. The Bertz CT molecular complexity index is 1190. The second-order valence-corrected chi connectivity index (χ2v) is 7.23. The van der Waals surface area contributed by atoms with Crippen molar-refractivity contribution in [2.24, 2.45) is 12.1 Å². The van der Waals surface area contributed by atoms with E-state index >= 15 is 0 Å². The molecule has 2 heterocycles. The summed E-state index contributed by atoms with van der Waals surface area (Å²) in [4.78, 5) is 31.0. The number of hydrogen-bond acceptors (Lipinski definition) is 7. The standard InChI is InChI=1S/C21H26N6O4/c1-14(2)31-13-16(28)12-27-17-18(26(3)21(30)24-19(17)29)23-20(27)25-22-11-7-10-15-8-5-4-6-9-15/h4-11,14,16,28H,12-13H2,1-3H3,(H,23,25)(H,24,29,30)/b10-7+,22-11-. The summed E-state index contributed by atoms with van der Waals surface area (Å²) in [7, 11) is 1.51. The third-order valence-corrected chi connectivity index (χ3v) is 4.44. The van der Waals surface area contributed by atoms with E-state index < -0.39 is 17.4 Å². The quantitative estimate of drug-likeness (QED) is 0.350. The molecule has 0 aliphatic carbocycles. The van der Waals surface area contributed by atoms with Gasteiger partial charge in [0.2, 0.25) is 5.95 Å². The SMILES string of the molecule is CC(C)OCC(O)Cn1c(N/N=C\C=C\c2ccccc2)nc2c1c(=O)[nH]c(=O)n2C. The van der Waals surface area contributed by atoms with Gasteiger partial charge in [-0.05, 0) is 25.5 Å². The van der Waals surface area contributed by atoms with Crippen LogP contribution < -0.4 is 16.7 Å². The van der Waals surface area contributed by atoms with Crippen molar-refractivity contribution in [3.8, 4) is 0 Å². The molecule has 0 radical (unpaired) electrons. The summed E-state index contributed by atoms with van der Waals surface area (Å²) in [6, 6.07) is 9.74. The van der Waals surface area contributed by atoms with Gasteiger partial charge >= 0.3 is 5.69 Å². The van der Waals surface area contributed by atoms with E-state index in [2.05, 4.69) is 20.5 Å². The van der Waals surface area contributed by atoms with Crippen LogP contribution in [0.3, 0.4) is 0 Å². The van der Waals surface area contributed by atoms with Gasteiger partial charge in [0, 0.05) is 13.3 Å². The first-order chi connectivity index (χ1) is 14.9. The summed E-state index contributed by atoms with van der Waals surface area (Å²) in [6.45, 7) is 3.85. The number of hydrazone groups is 1. The molecule has 0 saturated carbocycles. The summed E-state index contributed by atoms with van der Waals surface area (Å²) >= 11 is 0. The zero-order valence-electron chi connectivity index (χ0n) is 17.6. The minimum atomic E-state index is -0.890. The van der Waals surface area contributed by atoms with E-state index in [9.17, 15) is 14.7 Å². The summed E-state index contributed by atoms with van der Waals surface area (Å²) in [6.07, 6.45) is 4.24. The highest BCUT2D eigenvalue weighted by atomic mass is 16.5. The molecule has 0 fully saturated rings. The lowest BCUT2D eigenvalue weighted by molar-refractivity contribution is -0.000105. The normalized spacial score (nSPS) is 13.1. The third kappa shape index (κ3) is 5.56. The molecule has 1 aromatic carbocycles. The fourth-order valence-electron chi connectivity index (χ4n) is 2.92. The van der Waals surface area contributed by atoms with Gasteiger partial charge in [-0.15, -0.1) is 0 Å². The average Bonchev–Trinajstić information content (AvgIpc) is 3.10. The molecule has 0 amide bonds. The first-order valence-electron chi connectivity index (χ1n) is 9.86. The summed E-state index contributed by atoms with van der Waals surface area (Å²) in [5, 5.41) is 14.5. The molecule has 3 aromatic rings. The van der Waals surface area contributed by atoms with E-state index in [1.54, 1.807) is 6.08 Å². The van der Waals surface area contributed by atoms with E-state index in [1.807, 2.05) is 50.3 Å². The molecular weight excluding hydrogens is 400 g/mol. The van der Waals surface area contributed by atoms with Gasteiger partial charge in [-0.3, -0.25) is 14.3 Å². The number of aryl methyl sites for hydroxylation is 1. The van der Waals surface area contributed by atoms with Crippen molar-refractivity contribution in [2.75, 3.05) is 12.0 Å². The number of H-pyrrole nitrogens is 1. The minimum absolute atomic E-state index is 0.0300. The molecule has 1 atom stereocenters. The van der Waals surface area contributed by atoms with Gasteiger partial charge in [0.05, 0.1) is 25.4 Å². The van der Waals surface area contributed by atoms with Crippen molar-refractivity contribution in [1.29, 1.82) is 0 Å². The number of ether oxygens (including phenoxy) is 1. The van der Waals surface area contributed by atoms with Crippen LogP contribution in [-0.4, -0.2) is 49.2 Å². The lowest BCUT2D eigenvalue weighted by Gasteiger charge is -2.15. The Balaban J connectivity index is 1.88. The highest BCUT2D eigenvalue weighted by molar-refractivity contribution is 5.79. The predicted octanol–water partition coefficient (Wildman–Crippen LogP) is 1.32. The number of aliphatic hydroxyl groups is 1. The van der Waals surface area contributed by atoms with E-state index in [-0.39, 0.29) is 36.4 Å². The number of aromatic nitrogens is 4. The maximum absolute atomic E-state index is 12.4. The van der Waals surface area contributed by atoms with E-state index in [0.29, 0.717) is 0 Å². The number of hydrogen-bond donors (Lipinski definition) is 3. The van der Waals surface area contributed by atoms with Crippen molar-refractivity contribution in [1.82, 2.24) is 19.1 Å². The van der Waals surface area contributed by atoms with Crippen LogP contribution in [0.4, 0.5) is 5.95 Å². The monoisotopic (exact) mass is 426 g/mol. The molecule has 31 heavy (non-hydrogen) atoms. The Morgan fingerprint density at radius 2 is 2.03 bits per heavy atom. The van der Waals surface area contributed by atoms with Crippen molar-refractivity contribution >= 4 is 29.4 Å². The fraction of sp³-hybridized carbons (Fsp3) is 0.333. The van der Waals surface area contributed by atoms with Gasteiger partial charge in [0.1, 0.15) is 0 Å². The number of aliphatic hydroxyl groups excluding tert-OH is 1. The lowest BCUT2D eigenvalue weighted by atomic mass is 10.2. The van der Waals surface area contributed by atoms with Gasteiger partial charge in [-0.2, -0.15) is 10.1 Å². The van der Waals surface area contributed by atoms with Crippen LogP contribution in [-0.2, 0) is 18.3 Å². The number of allylic oxidation sites excluding steroid dienone is 1. The number of anilines is 1. The predicted molar refractivity (Wildman–Crippen MR) is 120 cm³/mol. The van der Waals surface area contributed by atoms with Gasteiger partial charge < -0.3 is 14.4 Å². The van der Waals surface area contributed by atoms with Crippen LogP contribution in [0.1, 0.15) is 19.4 Å². The molecule has 0 saturated heterocycles. The molecule has 0 aliphatic heterocycles. The van der Waals surface area contributed by atoms with Gasteiger partial charge in [0.25, 0.3) is 5.56 Å². The number of rotatable bonds is 9. The molecule has 3 N–H and O–H groups in total. The Kier molecular flexibility index (Phi) is 7.16. The maximum atomic E-state index is 12.4. The van der Waals surface area contributed by atoms with Crippen molar-refractivity contribution in [3.63, 3.8) is 0 Å². The molecule has 0 aliphatic rings. The van der Waals surface area contributed by atoms with E-state index in [4.69, 9.17) is 4.74 Å². The zero-order valence-corrected chi connectivity index (χ0v) is 17.6. The molecule has 164 valence electrons. The number of aromatic amines is 1. The van der Waals surface area contributed by atoms with Crippen molar-refractivity contribution < 1.29 is 9.84 Å². The topological polar surface area (TPSA) is 127 Å². The number of nitrogens with one attached hydrogen (secondary N) is 2. The molecule has 3 rings (SSSR count). The summed E-state index contributed by atoms with van der Waals surface area (Å²) in [5.74, 6) is 0.217. The average molecular weight is 426 g/mol. The molecule has 1 unspecified atom stereocenters. The molecule has 2 aromatic heterocycles. The van der Waals surface area contributed by atoms with Crippen molar-refractivity contribution in [2.45, 2.75) is 32.6 Å². The molecule has 10 heteroatoms. The second kappa shape index (κ2) is 10.0. The van der Waals surface area contributed by atoms with E-state index in [0.717, 1.165) is 5.56 Å². The highest BCUT2D eigenvalue weighted by Gasteiger charge is 2.19. The number of nitrogens with zero attached hydrogens (tertiary/aromatic N) is 4. The third-order valence-electron chi connectivity index (χ3n) is 4.44. The Morgan fingerprint density at radius 1 is 1.29 bits per heavy atom. The van der Waals surface area contributed by atoms with Gasteiger partial charge in [-0.1, -0.05) is 36.4 Å². The number of fused-ring (bicyclic) bond motifs is 1. The Morgan fingerprint density at radius 3 is 2.74 bits per heavy atom. The lowest BCUT2D eigenvalue weighted by Crippen LogP contribution is -2.30. The van der Waals surface area contributed by atoms with Crippen LogP contribution in [0.25, 0.3) is 17.2 Å². The Labute approximate surface area is 178 Å². The first kappa shape index (κ1) is 22.2. The largest absolute Gasteiger partial charge is 0.389 e. The number of benzene rings is 1. The zero-order chi connectivity index (χ0) is 22.4. The van der Waals surface area contributed by atoms with Crippen molar-refractivity contribution in [3.05, 3.63) is 62.8 Å². The van der Waals surface area contributed by atoms with Crippen LogP contribution in [0.15, 0.2) is 51.1 Å². The van der Waals surface area contributed by atoms with Gasteiger partial charge in [0.15, 0.2) is 11.2 Å². The summed E-state index contributed by atoms with van der Waals surface area (Å²) in [5.41, 5.74) is 2.98. The van der Waals surface area contributed by atoms with Gasteiger partial charge in [-0.25, -0.2) is 10.2 Å². The number of imidazole rings is 1. The highest BCUT2D eigenvalue weighted by Crippen LogP contribution is 2.16. The first-order valence-corrected chi connectivity index (χ1v) is 9.86. The molecule has 0 spiro atoms. The van der Waals surface area contributed by atoms with Crippen LogP contribution in [0, 0.1) is 0 Å². The van der Waals surface area contributed by atoms with Crippen LogP contribution in [0.5, 0.6) is 0 Å². The van der Waals surface area contributed by atoms with Crippen LogP contribution in [0.2, 0.25) is 0 Å². The van der Waals surface area contributed by atoms with Crippen LogP contribution >= 0.6 is 0 Å². The fourth-order valence-corrected chi connectivity index (χ4v) is 2.92. The smallest absolute Gasteiger partial charge is 0.329 e. The second-order valence-electron chi connectivity index (χ2n) is 7.23. The molecule has 10 nitrogen and oxygen atoms in total. The molecular formula is C21H26N6O4. The summed E-state index contributed by atoms with van der Waals surface area (Å²) < 4.78 is 8.17.